The van der Waals surface area contributed by atoms with E-state index in [9.17, 15) is 0 Å². The Balaban J connectivity index is 1.44. The number of ether oxygens (including phenoxy) is 1. The van der Waals surface area contributed by atoms with E-state index >= 15 is 0 Å². The fourth-order valence-corrected chi connectivity index (χ4v) is 2.79. The summed E-state index contributed by atoms with van der Waals surface area (Å²) in [6, 6.07) is 6.27. The first-order valence-electron chi connectivity index (χ1n) is 6.47. The lowest BCUT2D eigenvalue weighted by Crippen LogP contribution is -2.30. The number of hydrogen-bond acceptors (Lipinski definition) is 2. The summed E-state index contributed by atoms with van der Waals surface area (Å²) in [4.78, 5) is 0. The Hall–Kier alpha value is -0.540. The lowest BCUT2D eigenvalue weighted by atomic mass is 10.1. The summed E-state index contributed by atoms with van der Waals surface area (Å²) >= 11 is 3.50. The molecule has 2 nitrogen and oxygen atoms in total. The van der Waals surface area contributed by atoms with Crippen molar-refractivity contribution in [2.75, 3.05) is 13.1 Å². The second kappa shape index (κ2) is 4.99. The summed E-state index contributed by atoms with van der Waals surface area (Å²) in [6.45, 7) is 2.11. The highest BCUT2D eigenvalue weighted by atomic mass is 79.9. The van der Waals surface area contributed by atoms with Gasteiger partial charge in [0.15, 0.2) is 0 Å². The third kappa shape index (κ3) is 3.02. The molecule has 2 aliphatic rings. The highest BCUT2D eigenvalue weighted by Crippen LogP contribution is 2.32. The van der Waals surface area contributed by atoms with Crippen LogP contribution in [-0.4, -0.2) is 19.2 Å². The maximum Gasteiger partial charge on any atom is 0.123 e. The molecular formula is C14H18BrNO. The zero-order valence-corrected chi connectivity index (χ0v) is 11.5. The average molecular weight is 296 g/mol. The summed E-state index contributed by atoms with van der Waals surface area (Å²) in [5.41, 5.74) is 1.33. The Kier molecular flexibility index (Phi) is 3.39. The molecule has 0 radical (unpaired) electrons. The van der Waals surface area contributed by atoms with Crippen molar-refractivity contribution in [2.24, 2.45) is 5.92 Å². The molecule has 0 saturated heterocycles. The van der Waals surface area contributed by atoms with E-state index in [-0.39, 0.29) is 0 Å². The van der Waals surface area contributed by atoms with Crippen molar-refractivity contribution in [2.45, 2.75) is 31.8 Å². The van der Waals surface area contributed by atoms with E-state index in [1.54, 1.807) is 0 Å². The van der Waals surface area contributed by atoms with Crippen LogP contribution in [0.1, 0.15) is 24.8 Å². The predicted molar refractivity (Wildman–Crippen MR) is 72.5 cm³/mol. The topological polar surface area (TPSA) is 21.3 Å². The summed E-state index contributed by atoms with van der Waals surface area (Å²) < 4.78 is 7.04. The molecule has 92 valence electrons. The van der Waals surface area contributed by atoms with Crippen molar-refractivity contribution < 1.29 is 4.74 Å². The predicted octanol–water partition coefficient (Wildman–Crippen LogP) is 3.14. The van der Waals surface area contributed by atoms with Crippen molar-refractivity contribution in [1.29, 1.82) is 0 Å². The van der Waals surface area contributed by atoms with E-state index in [0.29, 0.717) is 6.10 Å². The van der Waals surface area contributed by atoms with Gasteiger partial charge < -0.3 is 10.1 Å². The highest BCUT2D eigenvalue weighted by Gasteiger charge is 2.23. The van der Waals surface area contributed by atoms with Gasteiger partial charge in [-0.25, -0.2) is 0 Å². The maximum absolute atomic E-state index is 5.90. The van der Waals surface area contributed by atoms with Gasteiger partial charge in [-0.3, -0.25) is 0 Å². The highest BCUT2D eigenvalue weighted by molar-refractivity contribution is 9.10. The van der Waals surface area contributed by atoms with E-state index < -0.39 is 0 Å². The summed E-state index contributed by atoms with van der Waals surface area (Å²) in [5.74, 6) is 2.07. The van der Waals surface area contributed by atoms with Crippen molar-refractivity contribution in [3.63, 3.8) is 0 Å². The van der Waals surface area contributed by atoms with E-state index in [1.807, 2.05) is 6.07 Å². The largest absolute Gasteiger partial charge is 0.488 e. The van der Waals surface area contributed by atoms with E-state index in [0.717, 1.165) is 35.7 Å². The average Bonchev–Trinajstić information content (AvgIpc) is 3.04. The minimum absolute atomic E-state index is 0.318. The Morgan fingerprint density at radius 2 is 2.24 bits per heavy atom. The van der Waals surface area contributed by atoms with Crippen LogP contribution >= 0.6 is 15.9 Å². The minimum Gasteiger partial charge on any atom is -0.488 e. The maximum atomic E-state index is 5.90. The Morgan fingerprint density at radius 3 is 3.06 bits per heavy atom. The van der Waals surface area contributed by atoms with Crippen LogP contribution in [0.25, 0.3) is 0 Å². The Bertz CT molecular complexity index is 403. The first kappa shape index (κ1) is 11.5. The molecule has 1 N–H and O–H groups in total. The zero-order valence-electron chi connectivity index (χ0n) is 9.92. The smallest absolute Gasteiger partial charge is 0.123 e. The monoisotopic (exact) mass is 295 g/mol. The number of hydrogen-bond donors (Lipinski definition) is 1. The summed E-state index contributed by atoms with van der Waals surface area (Å²) in [7, 11) is 0. The van der Waals surface area contributed by atoms with Crippen LogP contribution in [0.15, 0.2) is 22.7 Å². The molecule has 1 atom stereocenters. The van der Waals surface area contributed by atoms with Gasteiger partial charge >= 0.3 is 0 Å². The Morgan fingerprint density at radius 1 is 1.35 bits per heavy atom. The molecule has 1 heterocycles. The van der Waals surface area contributed by atoms with Gasteiger partial charge in [-0.1, -0.05) is 28.8 Å². The molecule has 3 heteroatoms. The lowest BCUT2D eigenvalue weighted by molar-refractivity contribution is 0.227. The van der Waals surface area contributed by atoms with Crippen molar-refractivity contribution >= 4 is 15.9 Å². The van der Waals surface area contributed by atoms with Crippen LogP contribution in [0.4, 0.5) is 0 Å². The van der Waals surface area contributed by atoms with Crippen LogP contribution < -0.4 is 10.1 Å². The molecule has 0 aromatic heterocycles. The third-order valence-electron chi connectivity index (χ3n) is 3.56. The van der Waals surface area contributed by atoms with Gasteiger partial charge in [0.05, 0.1) is 0 Å². The summed E-state index contributed by atoms with van der Waals surface area (Å²) in [5, 5.41) is 3.51. The van der Waals surface area contributed by atoms with E-state index in [2.05, 4.69) is 33.4 Å². The van der Waals surface area contributed by atoms with Gasteiger partial charge in [0, 0.05) is 17.4 Å². The normalized spacial score (nSPS) is 22.3. The van der Waals surface area contributed by atoms with Crippen molar-refractivity contribution in [3.8, 4) is 5.75 Å². The number of fused-ring (bicyclic) bond motifs is 1. The molecule has 1 aliphatic carbocycles. The first-order valence-corrected chi connectivity index (χ1v) is 7.26. The zero-order chi connectivity index (χ0) is 11.7. The second-order valence-electron chi connectivity index (χ2n) is 5.13. The van der Waals surface area contributed by atoms with Crippen LogP contribution in [0.2, 0.25) is 0 Å². The molecule has 0 amide bonds. The molecule has 1 aromatic carbocycles. The second-order valence-corrected chi connectivity index (χ2v) is 6.05. The Labute approximate surface area is 111 Å². The standard InChI is InChI=1S/C14H18BrNO/c15-12-3-4-14-11(7-12)8-13(17-14)9-16-6-5-10-1-2-10/h3-4,7,10,13,16H,1-2,5-6,8-9H2. The van der Waals surface area contributed by atoms with E-state index in [1.165, 1.54) is 24.8 Å². The first-order chi connectivity index (χ1) is 8.31. The van der Waals surface area contributed by atoms with Crippen LogP contribution in [0, 0.1) is 5.92 Å². The van der Waals surface area contributed by atoms with Crippen molar-refractivity contribution in [1.82, 2.24) is 5.32 Å². The molecule has 1 unspecified atom stereocenters. The number of nitrogens with one attached hydrogen (secondary N) is 1. The van der Waals surface area contributed by atoms with Crippen LogP contribution in [0.5, 0.6) is 5.75 Å². The van der Waals surface area contributed by atoms with Gasteiger partial charge in [0.1, 0.15) is 11.9 Å². The number of rotatable bonds is 5. The van der Waals surface area contributed by atoms with Crippen molar-refractivity contribution in [3.05, 3.63) is 28.2 Å². The van der Waals surface area contributed by atoms with Gasteiger partial charge in [0.2, 0.25) is 0 Å². The number of benzene rings is 1. The molecule has 1 fully saturated rings. The molecular weight excluding hydrogens is 278 g/mol. The third-order valence-corrected chi connectivity index (χ3v) is 4.06. The number of halogens is 1. The van der Waals surface area contributed by atoms with Gasteiger partial charge in [0.25, 0.3) is 0 Å². The fourth-order valence-electron chi connectivity index (χ4n) is 2.38. The van der Waals surface area contributed by atoms with Crippen LogP contribution in [0.3, 0.4) is 0 Å². The van der Waals surface area contributed by atoms with Gasteiger partial charge in [-0.2, -0.15) is 0 Å². The molecule has 1 aromatic rings. The molecule has 1 aliphatic heterocycles. The molecule has 1 saturated carbocycles. The van der Waals surface area contributed by atoms with Gasteiger partial charge in [-0.05, 0) is 42.6 Å². The SMILES string of the molecule is Brc1ccc2c(c1)CC(CNCCC1CC1)O2. The molecule has 0 spiro atoms. The van der Waals surface area contributed by atoms with E-state index in [4.69, 9.17) is 4.74 Å². The molecule has 0 bridgehead atoms. The quantitative estimate of drug-likeness (QED) is 0.843. The lowest BCUT2D eigenvalue weighted by Gasteiger charge is -2.11. The van der Waals surface area contributed by atoms with Gasteiger partial charge in [-0.15, -0.1) is 0 Å². The minimum atomic E-state index is 0.318. The molecule has 17 heavy (non-hydrogen) atoms. The summed E-state index contributed by atoms with van der Waals surface area (Å²) in [6.07, 6.45) is 5.58. The fraction of sp³-hybridized carbons (Fsp3) is 0.571. The van der Waals surface area contributed by atoms with Crippen LogP contribution in [-0.2, 0) is 6.42 Å². The molecule has 3 rings (SSSR count).